The first kappa shape index (κ1) is 10.0. The molecular formula is C13H19N. The average Bonchev–Trinajstić information content (AvgIpc) is 2.31. The van der Waals surface area contributed by atoms with Gasteiger partial charge >= 0.3 is 0 Å². The van der Waals surface area contributed by atoms with Crippen molar-refractivity contribution in [3.63, 3.8) is 0 Å². The first-order chi connectivity index (χ1) is 6.87. The highest BCUT2D eigenvalue weighted by atomic mass is 14.5. The largest absolute Gasteiger partial charge is 0.198 e. The number of nitriles is 1. The molecule has 0 bridgehead atoms. The summed E-state index contributed by atoms with van der Waals surface area (Å²) in [7, 11) is 0. The molecule has 0 atom stereocenters. The van der Waals surface area contributed by atoms with Crippen molar-refractivity contribution in [2.45, 2.75) is 51.4 Å². The number of hydrogen-bond acceptors (Lipinski definition) is 1. The Hall–Kier alpha value is -0.510. The smallest absolute Gasteiger partial charge is 0.0692 e. The Morgan fingerprint density at radius 2 is 1.57 bits per heavy atom. The van der Waals surface area contributed by atoms with Gasteiger partial charge in [0.1, 0.15) is 0 Å². The van der Waals surface area contributed by atoms with Crippen LogP contribution in [0.1, 0.15) is 51.4 Å². The van der Waals surface area contributed by atoms with E-state index in [1.54, 1.807) is 0 Å². The predicted octanol–water partition coefficient (Wildman–Crippen LogP) is 3.67. The highest BCUT2D eigenvalue weighted by molar-refractivity contribution is 5.07. The van der Waals surface area contributed by atoms with Crippen LogP contribution in [0.2, 0.25) is 0 Å². The van der Waals surface area contributed by atoms with E-state index in [9.17, 15) is 5.26 Å². The van der Waals surface area contributed by atoms with Crippen LogP contribution in [0.15, 0.2) is 0 Å². The maximum atomic E-state index is 9.42. The van der Waals surface area contributed by atoms with Gasteiger partial charge in [-0.1, -0.05) is 0 Å². The minimum atomic E-state index is 0.0447. The van der Waals surface area contributed by atoms with Gasteiger partial charge in [0, 0.05) is 0 Å². The Kier molecular flexibility index (Phi) is 3.11. The summed E-state index contributed by atoms with van der Waals surface area (Å²) in [5.41, 5.74) is 0.0447. The third-order valence-electron chi connectivity index (χ3n) is 4.03. The molecule has 2 rings (SSSR count). The molecular weight excluding hydrogens is 170 g/mol. The first-order valence-corrected chi connectivity index (χ1v) is 5.92. The molecule has 2 saturated carbocycles. The summed E-state index contributed by atoms with van der Waals surface area (Å²) >= 11 is 0. The molecule has 2 fully saturated rings. The van der Waals surface area contributed by atoms with Gasteiger partial charge in [-0.3, -0.25) is 0 Å². The van der Waals surface area contributed by atoms with E-state index < -0.39 is 0 Å². The second kappa shape index (κ2) is 4.34. The Bertz CT molecular complexity index is 214. The second-order valence-electron chi connectivity index (χ2n) is 4.77. The lowest BCUT2D eigenvalue weighted by Gasteiger charge is -2.39. The van der Waals surface area contributed by atoms with Crippen molar-refractivity contribution in [2.75, 3.05) is 0 Å². The SMILES string of the molecule is N#CC1(C2CC[CH]CC2)CC[CH]CC1. The zero-order valence-electron chi connectivity index (χ0n) is 8.84. The zero-order valence-corrected chi connectivity index (χ0v) is 8.84. The molecule has 0 aromatic carbocycles. The fourth-order valence-electron chi connectivity index (χ4n) is 3.08. The molecule has 0 spiro atoms. The van der Waals surface area contributed by atoms with E-state index in [4.69, 9.17) is 0 Å². The molecule has 1 heteroatoms. The molecule has 2 aliphatic rings. The molecule has 14 heavy (non-hydrogen) atoms. The minimum Gasteiger partial charge on any atom is -0.198 e. The third kappa shape index (κ3) is 1.80. The summed E-state index contributed by atoms with van der Waals surface area (Å²) in [6, 6.07) is 2.65. The Morgan fingerprint density at radius 1 is 1.00 bits per heavy atom. The lowest BCUT2D eigenvalue weighted by Crippen LogP contribution is -2.33. The van der Waals surface area contributed by atoms with Gasteiger partial charge in [0.15, 0.2) is 0 Å². The topological polar surface area (TPSA) is 23.8 Å². The highest BCUT2D eigenvalue weighted by Crippen LogP contribution is 2.47. The van der Waals surface area contributed by atoms with E-state index in [-0.39, 0.29) is 5.41 Å². The lowest BCUT2D eigenvalue weighted by molar-refractivity contribution is 0.151. The van der Waals surface area contributed by atoms with E-state index in [0.29, 0.717) is 5.92 Å². The van der Waals surface area contributed by atoms with Crippen molar-refractivity contribution in [2.24, 2.45) is 11.3 Å². The molecule has 0 aromatic heterocycles. The van der Waals surface area contributed by atoms with Crippen LogP contribution >= 0.6 is 0 Å². The van der Waals surface area contributed by atoms with Gasteiger partial charge < -0.3 is 0 Å². The maximum Gasteiger partial charge on any atom is 0.0692 e. The number of hydrogen-bond donors (Lipinski definition) is 0. The highest BCUT2D eigenvalue weighted by Gasteiger charge is 2.40. The standard InChI is InChI=1S/C13H19N/c14-11-13(9-5-2-6-10-13)12-7-3-1-4-8-12/h1-2,12H,3-10H2. The Balaban J connectivity index is 2.06. The normalized spacial score (nSPS) is 28.2. The van der Waals surface area contributed by atoms with Gasteiger partial charge in [-0.05, 0) is 70.1 Å². The van der Waals surface area contributed by atoms with Crippen LogP contribution in [0.25, 0.3) is 0 Å². The van der Waals surface area contributed by atoms with E-state index in [1.165, 1.54) is 25.7 Å². The van der Waals surface area contributed by atoms with E-state index in [1.807, 2.05) is 0 Å². The van der Waals surface area contributed by atoms with Crippen LogP contribution in [-0.4, -0.2) is 0 Å². The van der Waals surface area contributed by atoms with Crippen molar-refractivity contribution in [1.82, 2.24) is 0 Å². The summed E-state index contributed by atoms with van der Waals surface area (Å²) < 4.78 is 0. The fraction of sp³-hybridized carbons (Fsp3) is 0.769. The summed E-state index contributed by atoms with van der Waals surface area (Å²) in [6.07, 6.45) is 14.3. The summed E-state index contributed by atoms with van der Waals surface area (Å²) in [4.78, 5) is 0. The van der Waals surface area contributed by atoms with Gasteiger partial charge in [-0.15, -0.1) is 0 Å². The fourth-order valence-corrected chi connectivity index (χ4v) is 3.08. The molecule has 1 nitrogen and oxygen atoms in total. The average molecular weight is 189 g/mol. The van der Waals surface area contributed by atoms with Gasteiger partial charge in [-0.25, -0.2) is 0 Å². The number of rotatable bonds is 1. The second-order valence-corrected chi connectivity index (χ2v) is 4.77. The monoisotopic (exact) mass is 189 g/mol. The third-order valence-corrected chi connectivity index (χ3v) is 4.03. The van der Waals surface area contributed by atoms with Crippen LogP contribution in [0.3, 0.4) is 0 Å². The van der Waals surface area contributed by atoms with Crippen LogP contribution in [0.4, 0.5) is 0 Å². The van der Waals surface area contributed by atoms with Gasteiger partial charge in [0.05, 0.1) is 11.5 Å². The molecule has 0 saturated heterocycles. The predicted molar refractivity (Wildman–Crippen MR) is 57.1 cm³/mol. The first-order valence-electron chi connectivity index (χ1n) is 5.92. The Morgan fingerprint density at radius 3 is 2.14 bits per heavy atom. The van der Waals surface area contributed by atoms with Crippen molar-refractivity contribution in [1.29, 1.82) is 5.26 Å². The zero-order chi connectivity index (χ0) is 9.86. The number of nitrogens with zero attached hydrogens (tertiary/aromatic N) is 1. The van der Waals surface area contributed by atoms with Gasteiger partial charge in [0.2, 0.25) is 0 Å². The van der Waals surface area contributed by atoms with E-state index in [0.717, 1.165) is 25.7 Å². The molecule has 0 heterocycles. The minimum absolute atomic E-state index is 0.0447. The van der Waals surface area contributed by atoms with Crippen LogP contribution in [-0.2, 0) is 0 Å². The Labute approximate surface area is 87.5 Å². The lowest BCUT2D eigenvalue weighted by atomic mass is 9.62. The molecule has 0 aliphatic heterocycles. The van der Waals surface area contributed by atoms with Crippen LogP contribution in [0, 0.1) is 35.5 Å². The van der Waals surface area contributed by atoms with Crippen LogP contribution in [0.5, 0.6) is 0 Å². The summed E-state index contributed by atoms with van der Waals surface area (Å²) in [5.74, 6) is 0.686. The molecule has 76 valence electrons. The molecule has 0 amide bonds. The van der Waals surface area contributed by atoms with Gasteiger partial charge in [0.25, 0.3) is 0 Å². The quantitative estimate of drug-likeness (QED) is 0.617. The van der Waals surface area contributed by atoms with Crippen molar-refractivity contribution in [3.05, 3.63) is 12.8 Å². The van der Waals surface area contributed by atoms with Crippen LogP contribution < -0.4 is 0 Å². The summed E-state index contributed by atoms with van der Waals surface area (Å²) in [5, 5.41) is 9.42. The molecule has 0 unspecified atom stereocenters. The van der Waals surface area contributed by atoms with Gasteiger partial charge in [-0.2, -0.15) is 5.26 Å². The van der Waals surface area contributed by atoms with Crippen molar-refractivity contribution in [3.8, 4) is 6.07 Å². The van der Waals surface area contributed by atoms with E-state index >= 15 is 0 Å². The molecule has 0 aromatic rings. The van der Waals surface area contributed by atoms with E-state index in [2.05, 4.69) is 18.9 Å². The molecule has 2 radical (unpaired) electrons. The molecule has 2 aliphatic carbocycles. The van der Waals surface area contributed by atoms with Crippen molar-refractivity contribution >= 4 is 0 Å². The molecule has 0 N–H and O–H groups in total. The maximum absolute atomic E-state index is 9.42. The summed E-state index contributed by atoms with van der Waals surface area (Å²) in [6.45, 7) is 0. The van der Waals surface area contributed by atoms with Crippen molar-refractivity contribution < 1.29 is 0 Å².